The SMILES string of the molecule is CSCCC(Oc1ccc(OC(F)(F)F)cc1)C(=O)N1CC(=O)Nc2cccnc21. The number of rotatable bonds is 7. The topological polar surface area (TPSA) is 80.8 Å². The summed E-state index contributed by atoms with van der Waals surface area (Å²) in [6.45, 7) is -0.208. The minimum absolute atomic E-state index is 0.201. The fourth-order valence-electron chi connectivity index (χ4n) is 2.82. The van der Waals surface area contributed by atoms with E-state index in [9.17, 15) is 22.8 Å². The molecule has 0 saturated carbocycles. The zero-order chi connectivity index (χ0) is 21.7. The quantitative estimate of drug-likeness (QED) is 0.709. The summed E-state index contributed by atoms with van der Waals surface area (Å²) in [6.07, 6.45) is -2.04. The second kappa shape index (κ2) is 9.24. The molecular weight excluding hydrogens is 423 g/mol. The Morgan fingerprint density at radius 3 is 2.63 bits per heavy atom. The lowest BCUT2D eigenvalue weighted by atomic mass is 10.2. The number of benzene rings is 1. The zero-order valence-corrected chi connectivity index (χ0v) is 16.6. The Labute approximate surface area is 174 Å². The van der Waals surface area contributed by atoms with Gasteiger partial charge in [0.15, 0.2) is 11.9 Å². The third-order valence-corrected chi connectivity index (χ3v) is 4.72. The molecule has 0 radical (unpaired) electrons. The minimum Gasteiger partial charge on any atom is -0.481 e. The second-order valence-electron chi connectivity index (χ2n) is 6.25. The van der Waals surface area contributed by atoms with E-state index in [4.69, 9.17) is 4.74 Å². The van der Waals surface area contributed by atoms with Gasteiger partial charge in [0, 0.05) is 12.6 Å². The molecule has 1 unspecified atom stereocenters. The van der Waals surface area contributed by atoms with Crippen molar-refractivity contribution in [1.82, 2.24) is 4.98 Å². The van der Waals surface area contributed by atoms with Crippen molar-refractivity contribution >= 4 is 35.1 Å². The molecule has 1 aliphatic rings. The molecule has 1 aromatic heterocycles. The molecule has 160 valence electrons. The summed E-state index contributed by atoms with van der Waals surface area (Å²) >= 11 is 1.51. The number of alkyl halides is 3. The number of thioether (sulfide) groups is 1. The maximum Gasteiger partial charge on any atom is 0.573 e. The molecule has 1 aliphatic heterocycles. The van der Waals surface area contributed by atoms with Crippen molar-refractivity contribution in [3.05, 3.63) is 42.6 Å². The number of anilines is 2. The first-order chi connectivity index (χ1) is 14.3. The van der Waals surface area contributed by atoms with Gasteiger partial charge in [-0.2, -0.15) is 11.8 Å². The maximum atomic E-state index is 13.2. The highest BCUT2D eigenvalue weighted by Gasteiger charge is 2.34. The normalized spacial score (nSPS) is 14.5. The molecule has 1 N–H and O–H groups in total. The lowest BCUT2D eigenvalue weighted by molar-refractivity contribution is -0.274. The molecule has 2 aromatic rings. The maximum absolute atomic E-state index is 13.2. The van der Waals surface area contributed by atoms with E-state index in [1.54, 1.807) is 12.1 Å². The number of halogens is 3. The van der Waals surface area contributed by atoms with Crippen LogP contribution in [0.25, 0.3) is 0 Å². The number of nitrogens with zero attached hydrogens (tertiary/aromatic N) is 2. The van der Waals surface area contributed by atoms with Crippen LogP contribution in [0.15, 0.2) is 42.6 Å². The van der Waals surface area contributed by atoms with Crippen LogP contribution >= 0.6 is 11.8 Å². The van der Waals surface area contributed by atoms with Crippen molar-refractivity contribution in [3.8, 4) is 11.5 Å². The number of nitrogens with one attached hydrogen (secondary N) is 1. The van der Waals surface area contributed by atoms with Gasteiger partial charge in [0.25, 0.3) is 5.91 Å². The van der Waals surface area contributed by atoms with E-state index in [2.05, 4.69) is 15.0 Å². The molecule has 7 nitrogen and oxygen atoms in total. The Morgan fingerprint density at radius 1 is 1.27 bits per heavy atom. The standard InChI is InChI=1S/C19H18F3N3O4S/c1-30-10-8-15(28-12-4-6-13(7-5-12)29-19(20,21)22)18(27)25-11-16(26)24-14-3-2-9-23-17(14)25/h2-7,9,15H,8,10-11H2,1H3,(H,24,26). The Morgan fingerprint density at radius 2 is 1.97 bits per heavy atom. The van der Waals surface area contributed by atoms with Crippen LogP contribution < -0.4 is 19.7 Å². The van der Waals surface area contributed by atoms with Crippen LogP contribution in [0.3, 0.4) is 0 Å². The number of carbonyl (C=O) groups is 2. The number of carbonyl (C=O) groups excluding carboxylic acids is 2. The first kappa shape index (κ1) is 21.8. The predicted octanol–water partition coefficient (Wildman–Crippen LogP) is 3.47. The van der Waals surface area contributed by atoms with E-state index >= 15 is 0 Å². The largest absolute Gasteiger partial charge is 0.573 e. The fourth-order valence-corrected chi connectivity index (χ4v) is 3.27. The third kappa shape index (κ3) is 5.56. The van der Waals surface area contributed by atoms with Gasteiger partial charge < -0.3 is 14.8 Å². The van der Waals surface area contributed by atoms with Crippen LogP contribution in [0.5, 0.6) is 11.5 Å². The van der Waals surface area contributed by atoms with Gasteiger partial charge in [0.05, 0.1) is 5.69 Å². The van der Waals surface area contributed by atoms with Gasteiger partial charge in [0.1, 0.15) is 18.0 Å². The lowest BCUT2D eigenvalue weighted by Crippen LogP contribution is -2.48. The number of pyridine rings is 1. The summed E-state index contributed by atoms with van der Waals surface area (Å²) in [4.78, 5) is 30.6. The molecule has 2 heterocycles. The van der Waals surface area contributed by atoms with Gasteiger partial charge in [-0.15, -0.1) is 13.2 Å². The van der Waals surface area contributed by atoms with Crippen LogP contribution in [0, 0.1) is 0 Å². The Balaban J connectivity index is 1.79. The van der Waals surface area contributed by atoms with E-state index in [1.165, 1.54) is 35.0 Å². The van der Waals surface area contributed by atoms with E-state index < -0.39 is 24.1 Å². The summed E-state index contributed by atoms with van der Waals surface area (Å²) in [7, 11) is 0. The molecule has 0 spiro atoms. The number of aromatic nitrogens is 1. The fraction of sp³-hybridized carbons (Fsp3) is 0.316. The van der Waals surface area contributed by atoms with Crippen molar-refractivity contribution in [2.75, 3.05) is 28.8 Å². The first-order valence-electron chi connectivity index (χ1n) is 8.84. The van der Waals surface area contributed by atoms with Crippen molar-refractivity contribution in [3.63, 3.8) is 0 Å². The monoisotopic (exact) mass is 441 g/mol. The van der Waals surface area contributed by atoms with Crippen LogP contribution in [-0.4, -0.2) is 47.8 Å². The van der Waals surface area contributed by atoms with Crippen LogP contribution in [0.1, 0.15) is 6.42 Å². The van der Waals surface area contributed by atoms with Gasteiger partial charge in [0.2, 0.25) is 5.91 Å². The van der Waals surface area contributed by atoms with Gasteiger partial charge in [-0.1, -0.05) is 0 Å². The van der Waals surface area contributed by atoms with Crippen LogP contribution in [-0.2, 0) is 9.59 Å². The lowest BCUT2D eigenvalue weighted by Gasteiger charge is -2.31. The Hall–Kier alpha value is -2.95. The van der Waals surface area contributed by atoms with Crippen LogP contribution in [0.2, 0.25) is 0 Å². The molecule has 2 amide bonds. The first-order valence-corrected chi connectivity index (χ1v) is 10.2. The van der Waals surface area contributed by atoms with Gasteiger partial charge >= 0.3 is 6.36 Å². The molecule has 0 saturated heterocycles. The summed E-state index contributed by atoms with van der Waals surface area (Å²) in [6, 6.07) is 8.05. The Kier molecular flexibility index (Phi) is 6.70. The zero-order valence-electron chi connectivity index (χ0n) is 15.8. The van der Waals surface area contributed by atoms with Crippen molar-refractivity contribution in [1.29, 1.82) is 0 Å². The van der Waals surface area contributed by atoms with E-state index in [1.807, 2.05) is 6.26 Å². The van der Waals surface area contributed by atoms with Crippen LogP contribution in [0.4, 0.5) is 24.7 Å². The van der Waals surface area contributed by atoms with E-state index in [0.29, 0.717) is 23.7 Å². The number of hydrogen-bond acceptors (Lipinski definition) is 6. The second-order valence-corrected chi connectivity index (χ2v) is 7.24. The highest BCUT2D eigenvalue weighted by atomic mass is 32.2. The molecular formula is C19H18F3N3O4S. The summed E-state index contributed by atoms with van der Waals surface area (Å²) in [5.74, 6) is -0.107. The number of hydrogen-bond donors (Lipinski definition) is 1. The smallest absolute Gasteiger partial charge is 0.481 e. The number of ether oxygens (including phenoxy) is 2. The van der Waals surface area contributed by atoms with E-state index in [0.717, 1.165) is 12.1 Å². The van der Waals surface area contributed by atoms with E-state index in [-0.39, 0.29) is 18.2 Å². The predicted molar refractivity (Wildman–Crippen MR) is 106 cm³/mol. The minimum atomic E-state index is -4.80. The molecule has 1 aromatic carbocycles. The van der Waals surface area contributed by atoms with Gasteiger partial charge in [-0.05, 0) is 48.4 Å². The average Bonchev–Trinajstić information content (AvgIpc) is 2.70. The summed E-state index contributed by atoms with van der Waals surface area (Å²) in [5, 5.41) is 2.66. The number of fused-ring (bicyclic) bond motifs is 1. The average molecular weight is 441 g/mol. The number of amides is 2. The third-order valence-electron chi connectivity index (χ3n) is 4.08. The molecule has 0 fully saturated rings. The highest BCUT2D eigenvalue weighted by Crippen LogP contribution is 2.29. The van der Waals surface area contributed by atoms with Crippen molar-refractivity contribution in [2.45, 2.75) is 18.9 Å². The summed E-state index contributed by atoms with van der Waals surface area (Å²) in [5.41, 5.74) is 0.416. The molecule has 30 heavy (non-hydrogen) atoms. The summed E-state index contributed by atoms with van der Waals surface area (Å²) < 4.78 is 46.5. The molecule has 3 rings (SSSR count). The highest BCUT2D eigenvalue weighted by molar-refractivity contribution is 7.98. The molecule has 0 bridgehead atoms. The van der Waals surface area contributed by atoms with Gasteiger partial charge in [-0.25, -0.2) is 4.98 Å². The van der Waals surface area contributed by atoms with Crippen molar-refractivity contribution in [2.24, 2.45) is 0 Å². The molecule has 0 aliphatic carbocycles. The van der Waals surface area contributed by atoms with Crippen molar-refractivity contribution < 1.29 is 32.2 Å². The van der Waals surface area contributed by atoms with Gasteiger partial charge in [-0.3, -0.25) is 14.5 Å². The molecule has 11 heteroatoms. The molecule has 1 atom stereocenters. The Bertz CT molecular complexity index is 909.